The van der Waals surface area contributed by atoms with Gasteiger partial charge in [0.2, 0.25) is 0 Å². The van der Waals surface area contributed by atoms with E-state index in [-0.39, 0.29) is 25.8 Å². The molecule has 0 heterocycles. The van der Waals surface area contributed by atoms with Crippen molar-refractivity contribution in [1.29, 1.82) is 0 Å². The second-order valence-corrected chi connectivity index (χ2v) is 2.09. The molecule has 0 fully saturated rings. The van der Waals surface area contributed by atoms with Crippen molar-refractivity contribution in [2.45, 2.75) is 13.8 Å². The Balaban J connectivity index is 0.000000640. The summed E-state index contributed by atoms with van der Waals surface area (Å²) in [5.74, 6) is 0. The molecule has 1 aromatic rings. The maximum absolute atomic E-state index is 3.03. The molecule has 1 aromatic carbocycles. The van der Waals surface area contributed by atoms with Gasteiger partial charge in [-0.2, -0.15) is 35.4 Å². The predicted molar refractivity (Wildman–Crippen MR) is 34.8 cm³/mol. The Morgan fingerprint density at radius 3 is 1.78 bits per heavy atom. The van der Waals surface area contributed by atoms with Crippen LogP contribution in [0.4, 0.5) is 0 Å². The van der Waals surface area contributed by atoms with E-state index in [1.807, 2.05) is 12.1 Å². The summed E-state index contributed by atoms with van der Waals surface area (Å²) in [5, 5.41) is 0. The molecular weight excluding hydrogens is 275 g/mol. The van der Waals surface area contributed by atoms with Crippen LogP contribution in [0.2, 0.25) is 0 Å². The molecule has 0 unspecified atom stereocenters. The van der Waals surface area contributed by atoms with Gasteiger partial charge < -0.3 is 0 Å². The van der Waals surface area contributed by atoms with E-state index in [9.17, 15) is 0 Å². The molecule has 0 amide bonds. The zero-order valence-electron chi connectivity index (χ0n) is 5.73. The molecule has 0 nitrogen and oxygen atoms in total. The summed E-state index contributed by atoms with van der Waals surface area (Å²) in [6.07, 6.45) is 0. The standard InChI is InChI=1S/C8H9.Hf/c1-7-4-3-5-8(2)6-7;/h4-6H,1-2H3;/q-1;. The van der Waals surface area contributed by atoms with Gasteiger partial charge in [0, 0.05) is 25.8 Å². The van der Waals surface area contributed by atoms with E-state index in [1.165, 1.54) is 11.1 Å². The van der Waals surface area contributed by atoms with Gasteiger partial charge in [0.05, 0.1) is 0 Å². The van der Waals surface area contributed by atoms with Crippen LogP contribution in [0.25, 0.3) is 0 Å². The first-order valence-electron chi connectivity index (χ1n) is 2.73. The second kappa shape index (κ2) is 3.99. The van der Waals surface area contributed by atoms with E-state index < -0.39 is 0 Å². The fraction of sp³-hybridized carbons (Fsp3) is 0.250. The summed E-state index contributed by atoms with van der Waals surface area (Å²) in [5.41, 5.74) is 2.56. The van der Waals surface area contributed by atoms with Gasteiger partial charge in [0.15, 0.2) is 0 Å². The summed E-state index contributed by atoms with van der Waals surface area (Å²) < 4.78 is 0. The molecule has 46 valence electrons. The first-order chi connectivity index (χ1) is 3.79. The third kappa shape index (κ3) is 2.95. The van der Waals surface area contributed by atoms with Gasteiger partial charge >= 0.3 is 0 Å². The zero-order chi connectivity index (χ0) is 5.98. The Morgan fingerprint density at radius 2 is 1.56 bits per heavy atom. The number of aryl methyl sites for hydroxylation is 2. The number of rotatable bonds is 0. The maximum atomic E-state index is 3.03. The molecule has 0 aromatic heterocycles. The van der Waals surface area contributed by atoms with Crippen molar-refractivity contribution in [1.82, 2.24) is 0 Å². The number of benzene rings is 1. The molecule has 0 atom stereocenters. The van der Waals surface area contributed by atoms with Gasteiger partial charge in [-0.3, -0.25) is 0 Å². The summed E-state index contributed by atoms with van der Waals surface area (Å²) in [6, 6.07) is 9.12. The van der Waals surface area contributed by atoms with Crippen LogP contribution in [-0.2, 0) is 25.8 Å². The smallest absolute Gasteiger partial charge is 0 e. The molecule has 1 heteroatoms. The normalized spacial score (nSPS) is 8.22. The minimum atomic E-state index is 0. The van der Waals surface area contributed by atoms with E-state index in [0.29, 0.717) is 0 Å². The summed E-state index contributed by atoms with van der Waals surface area (Å²) in [7, 11) is 0. The Morgan fingerprint density at radius 1 is 1.11 bits per heavy atom. The van der Waals surface area contributed by atoms with Crippen LogP contribution in [0.1, 0.15) is 11.1 Å². The fourth-order valence-electron chi connectivity index (χ4n) is 0.747. The molecule has 0 aliphatic carbocycles. The third-order valence-corrected chi connectivity index (χ3v) is 1.08. The molecular formula is C8H9Hf-. The largest absolute Gasteiger partial charge is 0.183 e. The van der Waals surface area contributed by atoms with Crippen molar-refractivity contribution >= 4 is 0 Å². The van der Waals surface area contributed by atoms with Crippen LogP contribution in [0.15, 0.2) is 18.2 Å². The molecule has 0 saturated carbocycles. The van der Waals surface area contributed by atoms with Gasteiger partial charge in [-0.1, -0.05) is 13.8 Å². The summed E-state index contributed by atoms with van der Waals surface area (Å²) in [6.45, 7) is 4.15. The molecule has 0 spiro atoms. The molecule has 0 N–H and O–H groups in total. The van der Waals surface area contributed by atoms with Gasteiger partial charge in [-0.25, -0.2) is 0 Å². The van der Waals surface area contributed by atoms with E-state index >= 15 is 0 Å². The first-order valence-corrected chi connectivity index (χ1v) is 2.73. The van der Waals surface area contributed by atoms with Gasteiger partial charge in [0.25, 0.3) is 0 Å². The third-order valence-electron chi connectivity index (χ3n) is 1.08. The summed E-state index contributed by atoms with van der Waals surface area (Å²) in [4.78, 5) is 0. The Bertz CT molecular complexity index is 164. The van der Waals surface area contributed by atoms with Crippen molar-refractivity contribution in [3.63, 3.8) is 0 Å². The molecule has 0 aliphatic heterocycles. The SMILES string of the molecule is Cc1c[c-]cc(C)c1.[Hf]. The number of hydrogen-bond acceptors (Lipinski definition) is 0. The van der Waals surface area contributed by atoms with Crippen LogP contribution in [0, 0.1) is 19.9 Å². The predicted octanol–water partition coefficient (Wildman–Crippen LogP) is 2.10. The maximum Gasteiger partial charge on any atom is 0 e. The van der Waals surface area contributed by atoms with Crippen LogP contribution in [0.3, 0.4) is 0 Å². The van der Waals surface area contributed by atoms with Crippen LogP contribution < -0.4 is 0 Å². The average molecular weight is 284 g/mol. The molecule has 0 bridgehead atoms. The molecule has 0 saturated heterocycles. The topological polar surface area (TPSA) is 0 Å². The molecule has 0 aliphatic rings. The summed E-state index contributed by atoms with van der Waals surface area (Å²) >= 11 is 0. The van der Waals surface area contributed by atoms with Crippen molar-refractivity contribution in [3.8, 4) is 0 Å². The average Bonchev–Trinajstić information content (AvgIpc) is 1.64. The quantitative estimate of drug-likeness (QED) is 0.505. The minimum Gasteiger partial charge on any atom is -0.183 e. The van der Waals surface area contributed by atoms with E-state index in [4.69, 9.17) is 0 Å². The Hall–Kier alpha value is 0.0901. The molecule has 0 radical (unpaired) electrons. The van der Waals surface area contributed by atoms with Crippen LogP contribution in [0.5, 0.6) is 0 Å². The molecule has 9 heavy (non-hydrogen) atoms. The second-order valence-electron chi connectivity index (χ2n) is 2.09. The first kappa shape index (κ1) is 9.09. The monoisotopic (exact) mass is 285 g/mol. The Kier molecular flexibility index (Phi) is 4.03. The van der Waals surface area contributed by atoms with Crippen molar-refractivity contribution in [2.24, 2.45) is 0 Å². The zero-order valence-corrected chi connectivity index (χ0v) is 9.32. The van der Waals surface area contributed by atoms with Crippen molar-refractivity contribution in [2.75, 3.05) is 0 Å². The van der Waals surface area contributed by atoms with Gasteiger partial charge in [-0.05, 0) is 0 Å². The molecule has 1 rings (SSSR count). The van der Waals surface area contributed by atoms with Gasteiger partial charge in [-0.15, -0.1) is 0 Å². The van der Waals surface area contributed by atoms with Gasteiger partial charge in [0.1, 0.15) is 0 Å². The number of hydrogen-bond donors (Lipinski definition) is 0. The Labute approximate surface area is 75.1 Å². The minimum absolute atomic E-state index is 0. The van der Waals surface area contributed by atoms with E-state index in [2.05, 4.69) is 26.0 Å². The van der Waals surface area contributed by atoms with Crippen molar-refractivity contribution in [3.05, 3.63) is 35.4 Å². The van der Waals surface area contributed by atoms with E-state index in [1.54, 1.807) is 0 Å². The van der Waals surface area contributed by atoms with Crippen molar-refractivity contribution < 1.29 is 25.8 Å². The van der Waals surface area contributed by atoms with Crippen LogP contribution in [-0.4, -0.2) is 0 Å². The van der Waals surface area contributed by atoms with E-state index in [0.717, 1.165) is 0 Å². The van der Waals surface area contributed by atoms with Crippen LogP contribution >= 0.6 is 0 Å². The fourth-order valence-corrected chi connectivity index (χ4v) is 0.747.